The average Bonchev–Trinajstić information content (AvgIpc) is 2.25. The van der Waals surface area contributed by atoms with Gasteiger partial charge in [0.1, 0.15) is 0 Å². The first-order valence-corrected chi connectivity index (χ1v) is 5.64. The first kappa shape index (κ1) is 11.5. The summed E-state index contributed by atoms with van der Waals surface area (Å²) in [6, 6.07) is 4.11. The molecule has 0 aliphatic rings. The van der Waals surface area contributed by atoms with Crippen LogP contribution < -0.4 is 0 Å². The molecule has 0 spiro atoms. The smallest absolute Gasteiger partial charge is 0.0300 e. The maximum atomic E-state index is 4.20. The van der Waals surface area contributed by atoms with Crippen LogP contribution in [0, 0.1) is 0 Å². The van der Waals surface area contributed by atoms with Crippen molar-refractivity contribution in [1.82, 2.24) is 9.88 Å². The van der Waals surface area contributed by atoms with Crippen molar-refractivity contribution in [2.75, 3.05) is 25.9 Å². The van der Waals surface area contributed by atoms with Gasteiger partial charge in [0.05, 0.1) is 0 Å². The number of hydrogen-bond donors (Lipinski definition) is 1. The summed E-state index contributed by atoms with van der Waals surface area (Å²) >= 11 is 4.20. The van der Waals surface area contributed by atoms with E-state index in [2.05, 4.69) is 35.6 Å². The molecule has 0 unspecified atom stereocenters. The lowest BCUT2D eigenvalue weighted by Gasteiger charge is -2.15. The monoisotopic (exact) mass is 210 g/mol. The first-order valence-electron chi connectivity index (χ1n) is 5.01. The Morgan fingerprint density at radius 2 is 2.29 bits per heavy atom. The fourth-order valence-electron chi connectivity index (χ4n) is 1.32. The van der Waals surface area contributed by atoms with Gasteiger partial charge in [0.2, 0.25) is 0 Å². The molecule has 78 valence electrons. The van der Waals surface area contributed by atoms with Gasteiger partial charge < -0.3 is 4.90 Å². The fraction of sp³-hybridized carbons (Fsp3) is 0.545. The van der Waals surface area contributed by atoms with Crippen molar-refractivity contribution in [3.63, 3.8) is 0 Å². The quantitative estimate of drug-likeness (QED) is 0.722. The van der Waals surface area contributed by atoms with Crippen molar-refractivity contribution < 1.29 is 0 Å². The van der Waals surface area contributed by atoms with Gasteiger partial charge in [-0.05, 0) is 43.8 Å². The highest BCUT2D eigenvalue weighted by atomic mass is 32.1. The minimum atomic E-state index is 0.969. The van der Waals surface area contributed by atoms with Crippen molar-refractivity contribution >= 4 is 12.6 Å². The summed E-state index contributed by atoms with van der Waals surface area (Å²) in [5, 5.41) is 0. The van der Waals surface area contributed by atoms with Gasteiger partial charge in [-0.25, -0.2) is 0 Å². The van der Waals surface area contributed by atoms with Crippen molar-refractivity contribution in [1.29, 1.82) is 0 Å². The largest absolute Gasteiger partial charge is 0.306 e. The standard InChI is InChI=1S/C11H18N2S/c1-13(7-3-9-14)8-5-11-4-2-6-12-10-11/h2,4,6,10,14H,3,5,7-9H2,1H3. The van der Waals surface area contributed by atoms with Crippen LogP contribution in [0.15, 0.2) is 24.5 Å². The van der Waals surface area contributed by atoms with Crippen molar-refractivity contribution in [3.8, 4) is 0 Å². The van der Waals surface area contributed by atoms with E-state index in [-0.39, 0.29) is 0 Å². The Morgan fingerprint density at radius 1 is 1.43 bits per heavy atom. The lowest BCUT2D eigenvalue weighted by atomic mass is 10.2. The molecule has 0 aliphatic carbocycles. The number of likely N-dealkylation sites (N-methyl/N-ethyl adjacent to an activating group) is 1. The summed E-state index contributed by atoms with van der Waals surface area (Å²) in [5.74, 6) is 0.969. The van der Waals surface area contributed by atoms with E-state index in [1.165, 1.54) is 5.56 Å². The molecule has 0 N–H and O–H groups in total. The molecule has 0 saturated heterocycles. The normalized spacial score (nSPS) is 10.8. The topological polar surface area (TPSA) is 16.1 Å². The van der Waals surface area contributed by atoms with Gasteiger partial charge in [-0.2, -0.15) is 12.6 Å². The molecule has 0 saturated carbocycles. The Balaban J connectivity index is 2.20. The van der Waals surface area contributed by atoms with Gasteiger partial charge in [-0.1, -0.05) is 6.07 Å². The molecule has 3 heteroatoms. The summed E-state index contributed by atoms with van der Waals surface area (Å²) in [5.41, 5.74) is 1.31. The molecule has 2 nitrogen and oxygen atoms in total. The molecule has 0 aromatic carbocycles. The van der Waals surface area contributed by atoms with Crippen molar-refractivity contribution in [2.45, 2.75) is 12.8 Å². The Hall–Kier alpha value is -0.540. The molecule has 0 aliphatic heterocycles. The number of nitrogens with zero attached hydrogens (tertiary/aromatic N) is 2. The van der Waals surface area contributed by atoms with Gasteiger partial charge in [-0.3, -0.25) is 4.98 Å². The lowest BCUT2D eigenvalue weighted by molar-refractivity contribution is 0.340. The third-order valence-electron chi connectivity index (χ3n) is 2.20. The maximum absolute atomic E-state index is 4.20. The van der Waals surface area contributed by atoms with E-state index in [9.17, 15) is 0 Å². The van der Waals surface area contributed by atoms with Crippen LogP contribution >= 0.6 is 12.6 Å². The predicted molar refractivity (Wildman–Crippen MR) is 63.9 cm³/mol. The second kappa shape index (κ2) is 6.85. The minimum absolute atomic E-state index is 0.969. The number of hydrogen-bond acceptors (Lipinski definition) is 3. The van der Waals surface area contributed by atoms with Crippen LogP contribution in [0.1, 0.15) is 12.0 Å². The minimum Gasteiger partial charge on any atom is -0.306 e. The molecule has 1 aromatic heterocycles. The SMILES string of the molecule is CN(CCCS)CCc1cccnc1. The Kier molecular flexibility index (Phi) is 5.64. The molecular formula is C11H18N2S. The van der Waals surface area contributed by atoms with Crippen LogP contribution in [0.5, 0.6) is 0 Å². The number of thiol groups is 1. The average molecular weight is 210 g/mol. The maximum Gasteiger partial charge on any atom is 0.0300 e. The Bertz CT molecular complexity index is 238. The van der Waals surface area contributed by atoms with Crippen LogP contribution in [-0.4, -0.2) is 35.8 Å². The molecule has 1 aromatic rings. The van der Waals surface area contributed by atoms with Gasteiger partial charge in [-0.15, -0.1) is 0 Å². The lowest BCUT2D eigenvalue weighted by Crippen LogP contribution is -2.22. The third-order valence-corrected chi connectivity index (χ3v) is 2.52. The number of rotatable bonds is 6. The predicted octanol–water partition coefficient (Wildman–Crippen LogP) is 1.88. The van der Waals surface area contributed by atoms with Gasteiger partial charge in [0, 0.05) is 18.9 Å². The molecular weight excluding hydrogens is 192 g/mol. The molecule has 0 radical (unpaired) electrons. The second-order valence-corrected chi connectivity index (χ2v) is 3.94. The van der Waals surface area contributed by atoms with Crippen LogP contribution in [0.3, 0.4) is 0 Å². The zero-order valence-electron chi connectivity index (χ0n) is 8.69. The first-order chi connectivity index (χ1) is 6.83. The van der Waals surface area contributed by atoms with Gasteiger partial charge in [0.25, 0.3) is 0 Å². The molecule has 0 bridgehead atoms. The molecule has 1 heterocycles. The van der Waals surface area contributed by atoms with E-state index >= 15 is 0 Å². The highest BCUT2D eigenvalue weighted by molar-refractivity contribution is 7.80. The van der Waals surface area contributed by atoms with E-state index in [4.69, 9.17) is 0 Å². The highest BCUT2D eigenvalue weighted by Gasteiger charge is 1.98. The zero-order valence-corrected chi connectivity index (χ0v) is 9.58. The van der Waals surface area contributed by atoms with Crippen LogP contribution in [0.25, 0.3) is 0 Å². The van der Waals surface area contributed by atoms with E-state index in [0.717, 1.165) is 31.7 Å². The van der Waals surface area contributed by atoms with Crippen LogP contribution in [-0.2, 0) is 6.42 Å². The van der Waals surface area contributed by atoms with Crippen LogP contribution in [0.2, 0.25) is 0 Å². The Morgan fingerprint density at radius 3 is 2.93 bits per heavy atom. The highest BCUT2D eigenvalue weighted by Crippen LogP contribution is 1.99. The van der Waals surface area contributed by atoms with E-state index in [0.29, 0.717) is 0 Å². The summed E-state index contributed by atoms with van der Waals surface area (Å²) in [6.07, 6.45) is 5.99. The third kappa shape index (κ3) is 4.63. The summed E-state index contributed by atoms with van der Waals surface area (Å²) < 4.78 is 0. The molecule has 14 heavy (non-hydrogen) atoms. The van der Waals surface area contributed by atoms with E-state index in [1.807, 2.05) is 18.5 Å². The summed E-state index contributed by atoms with van der Waals surface area (Å²) in [7, 11) is 2.15. The summed E-state index contributed by atoms with van der Waals surface area (Å²) in [6.45, 7) is 2.23. The second-order valence-electron chi connectivity index (χ2n) is 3.49. The van der Waals surface area contributed by atoms with Crippen LogP contribution in [0.4, 0.5) is 0 Å². The van der Waals surface area contributed by atoms with Crippen molar-refractivity contribution in [3.05, 3.63) is 30.1 Å². The van der Waals surface area contributed by atoms with Crippen molar-refractivity contribution in [2.24, 2.45) is 0 Å². The van der Waals surface area contributed by atoms with E-state index in [1.54, 1.807) is 0 Å². The number of aromatic nitrogens is 1. The van der Waals surface area contributed by atoms with E-state index < -0.39 is 0 Å². The zero-order chi connectivity index (χ0) is 10.2. The molecule has 0 amide bonds. The fourth-order valence-corrected chi connectivity index (χ4v) is 1.46. The van der Waals surface area contributed by atoms with Gasteiger partial charge in [0.15, 0.2) is 0 Å². The summed E-state index contributed by atoms with van der Waals surface area (Å²) in [4.78, 5) is 6.43. The Labute approximate surface area is 91.8 Å². The molecule has 1 rings (SSSR count). The molecule has 0 atom stereocenters. The van der Waals surface area contributed by atoms with Gasteiger partial charge >= 0.3 is 0 Å². The molecule has 0 fully saturated rings. The number of pyridine rings is 1.